The summed E-state index contributed by atoms with van der Waals surface area (Å²) in [5.41, 5.74) is -1.87. The van der Waals surface area contributed by atoms with Gasteiger partial charge in [0.25, 0.3) is 0 Å². The molecule has 4 aromatic rings. The van der Waals surface area contributed by atoms with Gasteiger partial charge in [0.2, 0.25) is 5.60 Å². The number of alkyl halides is 3. The Kier molecular flexibility index (Phi) is 4.19. The summed E-state index contributed by atoms with van der Waals surface area (Å²) in [5.74, 6) is 0. The minimum Gasteiger partial charge on any atom is -0.371 e. The number of rotatable bonds is 3. The summed E-state index contributed by atoms with van der Waals surface area (Å²) in [6.45, 7) is 1.72. The third-order valence-corrected chi connectivity index (χ3v) is 4.68. The minimum atomic E-state index is -4.95. The molecular weight excluding hydrogens is 367 g/mol. The van der Waals surface area contributed by atoms with Crippen molar-refractivity contribution in [2.24, 2.45) is 0 Å². The molecular formula is C21H16F3N3O. The maximum Gasteiger partial charge on any atom is 0.427 e. The van der Waals surface area contributed by atoms with Crippen LogP contribution in [0.4, 0.5) is 13.2 Å². The first-order chi connectivity index (χ1) is 13.3. The van der Waals surface area contributed by atoms with Crippen LogP contribution < -0.4 is 0 Å². The van der Waals surface area contributed by atoms with Gasteiger partial charge >= 0.3 is 6.18 Å². The van der Waals surface area contributed by atoms with Crippen molar-refractivity contribution in [1.82, 2.24) is 14.8 Å². The van der Waals surface area contributed by atoms with Crippen LogP contribution in [0, 0.1) is 6.92 Å². The smallest absolute Gasteiger partial charge is 0.371 e. The highest BCUT2D eigenvalue weighted by molar-refractivity contribution is 5.81. The van der Waals surface area contributed by atoms with Gasteiger partial charge in [0.05, 0.1) is 23.1 Å². The highest BCUT2D eigenvalue weighted by Crippen LogP contribution is 2.44. The molecule has 0 bridgehead atoms. The van der Waals surface area contributed by atoms with Gasteiger partial charge in [-0.1, -0.05) is 30.3 Å². The van der Waals surface area contributed by atoms with Crippen LogP contribution in [0.25, 0.3) is 16.6 Å². The Labute approximate surface area is 158 Å². The average Bonchev–Trinajstić information content (AvgIpc) is 3.11. The molecule has 7 heteroatoms. The Hall–Kier alpha value is -3.19. The van der Waals surface area contributed by atoms with Crippen LogP contribution in [-0.4, -0.2) is 26.0 Å². The summed E-state index contributed by atoms with van der Waals surface area (Å²) in [5, 5.41) is 15.5. The van der Waals surface area contributed by atoms with Gasteiger partial charge in [-0.3, -0.25) is 4.98 Å². The lowest BCUT2D eigenvalue weighted by molar-refractivity contribution is -0.249. The molecule has 2 heterocycles. The fourth-order valence-corrected chi connectivity index (χ4v) is 3.17. The first kappa shape index (κ1) is 18.2. The highest BCUT2D eigenvalue weighted by atomic mass is 19.4. The molecule has 0 amide bonds. The number of hydrogen-bond donors (Lipinski definition) is 1. The quantitative estimate of drug-likeness (QED) is 0.566. The molecule has 28 heavy (non-hydrogen) atoms. The molecule has 0 fully saturated rings. The molecule has 142 valence electrons. The van der Waals surface area contributed by atoms with Crippen molar-refractivity contribution in [2.45, 2.75) is 18.7 Å². The first-order valence-corrected chi connectivity index (χ1v) is 8.56. The molecule has 4 rings (SSSR count). The summed E-state index contributed by atoms with van der Waals surface area (Å²) in [6.07, 6.45) is -2.17. The first-order valence-electron chi connectivity index (χ1n) is 8.56. The second kappa shape index (κ2) is 6.45. The largest absolute Gasteiger partial charge is 0.427 e. The Balaban J connectivity index is 1.87. The van der Waals surface area contributed by atoms with E-state index in [0.29, 0.717) is 16.5 Å². The molecule has 1 unspecified atom stereocenters. The van der Waals surface area contributed by atoms with E-state index in [-0.39, 0.29) is 5.56 Å². The number of aryl methyl sites for hydroxylation is 1. The SMILES string of the molecule is Cc1ccc(C(O)(c2ccc3c(cnn3-c3ccccc3)c2)C(F)(F)F)nc1. The maximum atomic E-state index is 13.9. The van der Waals surface area contributed by atoms with Gasteiger partial charge in [-0.05, 0) is 48.4 Å². The Morgan fingerprint density at radius 3 is 2.32 bits per heavy atom. The molecule has 0 radical (unpaired) electrons. The van der Waals surface area contributed by atoms with Crippen LogP contribution >= 0.6 is 0 Å². The number of aliphatic hydroxyl groups is 1. The zero-order valence-corrected chi connectivity index (χ0v) is 14.9. The van der Waals surface area contributed by atoms with Crippen LogP contribution in [0.3, 0.4) is 0 Å². The summed E-state index contributed by atoms with van der Waals surface area (Å²) < 4.78 is 43.4. The van der Waals surface area contributed by atoms with Crippen LogP contribution in [0.5, 0.6) is 0 Å². The van der Waals surface area contributed by atoms with Gasteiger partial charge in [-0.2, -0.15) is 18.3 Å². The molecule has 1 N–H and O–H groups in total. The van der Waals surface area contributed by atoms with E-state index >= 15 is 0 Å². The summed E-state index contributed by atoms with van der Waals surface area (Å²) in [7, 11) is 0. The molecule has 1 atom stereocenters. The number of benzene rings is 2. The van der Waals surface area contributed by atoms with Gasteiger partial charge in [0.1, 0.15) is 0 Å². The fourth-order valence-electron chi connectivity index (χ4n) is 3.17. The van der Waals surface area contributed by atoms with Gasteiger partial charge in [-0.15, -0.1) is 0 Å². The molecule has 0 saturated carbocycles. The number of para-hydroxylation sites is 1. The number of pyridine rings is 1. The molecule has 2 aromatic carbocycles. The van der Waals surface area contributed by atoms with Crippen LogP contribution in [0.15, 0.2) is 73.1 Å². The number of nitrogens with zero attached hydrogens (tertiary/aromatic N) is 3. The van der Waals surface area contributed by atoms with Crippen molar-refractivity contribution in [3.05, 3.63) is 89.9 Å². The van der Waals surface area contributed by atoms with Gasteiger partial charge < -0.3 is 5.11 Å². The third-order valence-electron chi connectivity index (χ3n) is 4.68. The van der Waals surface area contributed by atoms with E-state index in [0.717, 1.165) is 5.69 Å². The van der Waals surface area contributed by atoms with Crippen LogP contribution in [0.1, 0.15) is 16.8 Å². The lowest BCUT2D eigenvalue weighted by atomic mass is 9.88. The van der Waals surface area contributed by atoms with E-state index in [2.05, 4.69) is 10.1 Å². The fraction of sp³-hybridized carbons (Fsp3) is 0.143. The Morgan fingerprint density at radius 2 is 1.68 bits per heavy atom. The van der Waals surface area contributed by atoms with E-state index in [4.69, 9.17) is 0 Å². The maximum absolute atomic E-state index is 13.9. The molecule has 0 aliphatic carbocycles. The van der Waals surface area contributed by atoms with Crippen molar-refractivity contribution in [2.75, 3.05) is 0 Å². The predicted octanol–water partition coefficient (Wildman–Crippen LogP) is 4.53. The summed E-state index contributed by atoms with van der Waals surface area (Å²) in [6, 6.07) is 16.0. The lowest BCUT2D eigenvalue weighted by Gasteiger charge is -2.30. The Bertz CT molecular complexity index is 1120. The molecule has 4 nitrogen and oxygen atoms in total. The number of hydrogen-bond acceptors (Lipinski definition) is 3. The van der Waals surface area contributed by atoms with E-state index in [1.807, 2.05) is 30.3 Å². The highest BCUT2D eigenvalue weighted by Gasteiger charge is 2.57. The monoisotopic (exact) mass is 383 g/mol. The summed E-state index contributed by atoms with van der Waals surface area (Å²) in [4.78, 5) is 3.84. The van der Waals surface area contributed by atoms with E-state index in [1.54, 1.807) is 11.6 Å². The molecule has 0 spiro atoms. The van der Waals surface area contributed by atoms with E-state index in [9.17, 15) is 18.3 Å². The standard InChI is InChI=1S/C21H16F3N3O/c1-14-7-10-19(25-12-14)20(28,21(22,23)24)16-8-9-18-15(11-16)13-26-27(18)17-5-3-2-4-6-17/h2-13,28H,1H3. The Morgan fingerprint density at radius 1 is 0.929 bits per heavy atom. The van der Waals surface area contributed by atoms with Gasteiger partial charge in [0, 0.05) is 11.6 Å². The zero-order valence-electron chi connectivity index (χ0n) is 14.9. The van der Waals surface area contributed by atoms with Crippen molar-refractivity contribution < 1.29 is 18.3 Å². The number of fused-ring (bicyclic) bond motifs is 1. The topological polar surface area (TPSA) is 50.9 Å². The molecule has 0 aliphatic rings. The van der Waals surface area contributed by atoms with E-state index < -0.39 is 17.5 Å². The van der Waals surface area contributed by atoms with Crippen LogP contribution in [-0.2, 0) is 5.60 Å². The third kappa shape index (κ3) is 2.84. The van der Waals surface area contributed by atoms with Gasteiger partial charge in [-0.25, -0.2) is 4.68 Å². The average molecular weight is 383 g/mol. The second-order valence-electron chi connectivity index (χ2n) is 6.59. The van der Waals surface area contributed by atoms with Crippen molar-refractivity contribution >= 4 is 10.9 Å². The van der Waals surface area contributed by atoms with Crippen molar-refractivity contribution in [3.63, 3.8) is 0 Å². The molecule has 0 aliphatic heterocycles. The second-order valence-corrected chi connectivity index (χ2v) is 6.59. The van der Waals surface area contributed by atoms with Crippen LogP contribution in [0.2, 0.25) is 0 Å². The van der Waals surface area contributed by atoms with E-state index in [1.165, 1.54) is 42.7 Å². The number of aromatic nitrogens is 3. The van der Waals surface area contributed by atoms with Crippen molar-refractivity contribution in [3.8, 4) is 5.69 Å². The lowest BCUT2D eigenvalue weighted by Crippen LogP contribution is -2.44. The normalized spacial score (nSPS) is 14.2. The molecule has 2 aromatic heterocycles. The zero-order chi connectivity index (χ0) is 19.9. The van der Waals surface area contributed by atoms with Crippen molar-refractivity contribution in [1.29, 1.82) is 0 Å². The number of halogens is 3. The molecule has 0 saturated heterocycles. The summed E-state index contributed by atoms with van der Waals surface area (Å²) >= 11 is 0. The van der Waals surface area contributed by atoms with Gasteiger partial charge in [0.15, 0.2) is 0 Å². The predicted molar refractivity (Wildman–Crippen MR) is 99.1 cm³/mol. The minimum absolute atomic E-state index is 0.309.